The van der Waals surface area contributed by atoms with E-state index in [2.05, 4.69) is 15.4 Å². The van der Waals surface area contributed by atoms with Gasteiger partial charge in [-0.25, -0.2) is 13.9 Å². The Labute approximate surface area is 170 Å². The number of rotatable bonds is 5. The van der Waals surface area contributed by atoms with Crippen LogP contribution in [0.5, 0.6) is 5.88 Å². The van der Waals surface area contributed by atoms with Crippen LogP contribution in [0.2, 0.25) is 5.02 Å². The SMILES string of the molecule is CNC(=O)c1cc(F)cc(-c2cnc3ccc(OCc4cccc(Cl)c4)nn23)c1. The predicted molar refractivity (Wildman–Crippen MR) is 108 cm³/mol. The molecular formula is C21H16ClFN4O2. The first-order chi connectivity index (χ1) is 14.0. The van der Waals surface area contributed by atoms with Gasteiger partial charge in [-0.05, 0) is 42.0 Å². The van der Waals surface area contributed by atoms with E-state index in [4.69, 9.17) is 16.3 Å². The van der Waals surface area contributed by atoms with Crippen molar-refractivity contribution in [3.63, 3.8) is 0 Å². The molecule has 0 aliphatic rings. The first-order valence-corrected chi connectivity index (χ1v) is 9.16. The number of hydrogen-bond donors (Lipinski definition) is 1. The number of amides is 1. The van der Waals surface area contributed by atoms with E-state index in [0.29, 0.717) is 34.4 Å². The van der Waals surface area contributed by atoms with E-state index < -0.39 is 5.82 Å². The van der Waals surface area contributed by atoms with Gasteiger partial charge in [-0.1, -0.05) is 23.7 Å². The van der Waals surface area contributed by atoms with Gasteiger partial charge in [0.15, 0.2) is 5.65 Å². The van der Waals surface area contributed by atoms with Crippen molar-refractivity contribution in [1.82, 2.24) is 19.9 Å². The Morgan fingerprint density at radius 1 is 1.21 bits per heavy atom. The second-order valence-corrected chi connectivity index (χ2v) is 6.75. The fourth-order valence-electron chi connectivity index (χ4n) is 2.93. The Morgan fingerprint density at radius 2 is 2.07 bits per heavy atom. The minimum absolute atomic E-state index is 0.214. The Kier molecular flexibility index (Phi) is 5.14. The molecule has 8 heteroatoms. The van der Waals surface area contributed by atoms with E-state index in [1.165, 1.54) is 19.2 Å². The van der Waals surface area contributed by atoms with Gasteiger partial charge in [0.2, 0.25) is 5.88 Å². The third kappa shape index (κ3) is 4.05. The number of ether oxygens (including phenoxy) is 1. The van der Waals surface area contributed by atoms with E-state index in [0.717, 1.165) is 5.56 Å². The summed E-state index contributed by atoms with van der Waals surface area (Å²) in [7, 11) is 1.49. The maximum absolute atomic E-state index is 14.1. The standard InChI is InChI=1S/C21H16ClFN4O2/c1-24-21(28)15-8-14(9-17(23)10-15)18-11-25-19-5-6-20(26-27(18)19)29-12-13-3-2-4-16(22)7-13/h2-11H,12H2,1H3,(H,24,28). The number of hydrogen-bond acceptors (Lipinski definition) is 4. The number of benzene rings is 2. The quantitative estimate of drug-likeness (QED) is 0.537. The van der Waals surface area contributed by atoms with Crippen molar-refractivity contribution in [3.05, 3.63) is 82.8 Å². The molecule has 0 aliphatic carbocycles. The maximum atomic E-state index is 14.1. The van der Waals surface area contributed by atoms with Crippen LogP contribution in [-0.2, 0) is 6.61 Å². The molecule has 0 saturated carbocycles. The van der Waals surface area contributed by atoms with Gasteiger partial charge in [-0.3, -0.25) is 4.79 Å². The summed E-state index contributed by atoms with van der Waals surface area (Å²) in [6.07, 6.45) is 1.57. The van der Waals surface area contributed by atoms with Crippen molar-refractivity contribution in [1.29, 1.82) is 0 Å². The van der Waals surface area contributed by atoms with Gasteiger partial charge in [0, 0.05) is 29.3 Å². The molecule has 0 bridgehead atoms. The lowest BCUT2D eigenvalue weighted by Gasteiger charge is -2.08. The summed E-state index contributed by atoms with van der Waals surface area (Å²) < 4.78 is 21.4. The molecule has 4 aromatic rings. The average Bonchev–Trinajstić information content (AvgIpc) is 3.14. The summed E-state index contributed by atoms with van der Waals surface area (Å²) in [6, 6.07) is 14.9. The second kappa shape index (κ2) is 7.89. The lowest BCUT2D eigenvalue weighted by molar-refractivity contribution is 0.0962. The van der Waals surface area contributed by atoms with Crippen molar-refractivity contribution in [3.8, 4) is 17.1 Å². The topological polar surface area (TPSA) is 68.5 Å². The molecule has 2 aromatic heterocycles. The number of nitrogens with zero attached hydrogens (tertiary/aromatic N) is 3. The number of halogens is 2. The zero-order valence-electron chi connectivity index (χ0n) is 15.4. The molecule has 6 nitrogen and oxygen atoms in total. The van der Waals surface area contributed by atoms with Crippen molar-refractivity contribution >= 4 is 23.2 Å². The number of imidazole rings is 1. The van der Waals surface area contributed by atoms with Crippen LogP contribution in [0.1, 0.15) is 15.9 Å². The monoisotopic (exact) mass is 410 g/mol. The third-order valence-corrected chi connectivity index (χ3v) is 4.53. The molecule has 146 valence electrons. The fraction of sp³-hybridized carbons (Fsp3) is 0.0952. The number of fused-ring (bicyclic) bond motifs is 1. The lowest BCUT2D eigenvalue weighted by atomic mass is 10.1. The van der Waals surface area contributed by atoms with Gasteiger partial charge in [0.25, 0.3) is 5.91 Å². The summed E-state index contributed by atoms with van der Waals surface area (Å²) in [5, 5.41) is 7.57. The zero-order chi connectivity index (χ0) is 20.4. The molecule has 29 heavy (non-hydrogen) atoms. The largest absolute Gasteiger partial charge is 0.472 e. The van der Waals surface area contributed by atoms with Crippen LogP contribution in [0.15, 0.2) is 60.8 Å². The van der Waals surface area contributed by atoms with Gasteiger partial charge in [0.05, 0.1) is 11.9 Å². The molecule has 0 spiro atoms. The van der Waals surface area contributed by atoms with Crippen molar-refractivity contribution in [2.75, 3.05) is 7.05 Å². The molecule has 2 aromatic carbocycles. The number of aromatic nitrogens is 3. The Hall–Kier alpha value is -3.45. The predicted octanol–water partition coefficient (Wildman–Crippen LogP) is 4.13. The maximum Gasteiger partial charge on any atom is 0.251 e. The molecule has 0 saturated heterocycles. The van der Waals surface area contributed by atoms with Crippen LogP contribution in [-0.4, -0.2) is 27.6 Å². The lowest BCUT2D eigenvalue weighted by Crippen LogP contribution is -2.18. The highest BCUT2D eigenvalue weighted by molar-refractivity contribution is 6.30. The van der Waals surface area contributed by atoms with Crippen molar-refractivity contribution in [2.45, 2.75) is 6.61 Å². The number of carbonyl (C=O) groups excluding carboxylic acids is 1. The minimum Gasteiger partial charge on any atom is -0.472 e. The molecule has 2 heterocycles. The highest BCUT2D eigenvalue weighted by atomic mass is 35.5. The molecule has 0 radical (unpaired) electrons. The molecule has 4 rings (SSSR count). The molecular weight excluding hydrogens is 395 g/mol. The Balaban J connectivity index is 1.67. The zero-order valence-corrected chi connectivity index (χ0v) is 16.2. The molecule has 1 N–H and O–H groups in total. The van der Waals surface area contributed by atoms with Gasteiger partial charge in [-0.2, -0.15) is 0 Å². The van der Waals surface area contributed by atoms with Crippen molar-refractivity contribution < 1.29 is 13.9 Å². The summed E-state index contributed by atoms with van der Waals surface area (Å²) in [5.41, 5.74) is 2.71. The third-order valence-electron chi connectivity index (χ3n) is 4.30. The Morgan fingerprint density at radius 3 is 2.86 bits per heavy atom. The number of nitrogens with one attached hydrogen (secondary N) is 1. The first-order valence-electron chi connectivity index (χ1n) is 8.78. The molecule has 1 amide bonds. The van der Waals surface area contributed by atoms with E-state index in [9.17, 15) is 9.18 Å². The molecule has 0 unspecified atom stereocenters. The van der Waals surface area contributed by atoms with Gasteiger partial charge >= 0.3 is 0 Å². The van der Waals surface area contributed by atoms with E-state index in [-0.39, 0.29) is 11.5 Å². The highest BCUT2D eigenvalue weighted by Crippen LogP contribution is 2.24. The normalized spacial score (nSPS) is 10.9. The van der Waals surface area contributed by atoms with Crippen LogP contribution in [0.3, 0.4) is 0 Å². The second-order valence-electron chi connectivity index (χ2n) is 6.31. The summed E-state index contributed by atoms with van der Waals surface area (Å²) in [4.78, 5) is 16.2. The minimum atomic E-state index is -0.524. The van der Waals surface area contributed by atoms with E-state index in [1.807, 2.05) is 18.2 Å². The first kappa shape index (κ1) is 18.9. The van der Waals surface area contributed by atoms with Gasteiger partial charge < -0.3 is 10.1 Å². The fourth-order valence-corrected chi connectivity index (χ4v) is 3.14. The van der Waals surface area contributed by atoms with Crippen molar-refractivity contribution in [2.24, 2.45) is 0 Å². The van der Waals surface area contributed by atoms with Crippen LogP contribution >= 0.6 is 11.6 Å². The molecule has 0 aliphatic heterocycles. The average molecular weight is 411 g/mol. The van der Waals surface area contributed by atoms with Crippen LogP contribution < -0.4 is 10.1 Å². The highest BCUT2D eigenvalue weighted by Gasteiger charge is 2.13. The molecule has 0 fully saturated rings. The molecule has 0 atom stereocenters. The number of carbonyl (C=O) groups is 1. The summed E-state index contributed by atoms with van der Waals surface area (Å²) in [5.74, 6) is -0.526. The van der Waals surface area contributed by atoms with Crippen LogP contribution in [0, 0.1) is 5.82 Å². The van der Waals surface area contributed by atoms with E-state index >= 15 is 0 Å². The van der Waals surface area contributed by atoms with Crippen LogP contribution in [0.4, 0.5) is 4.39 Å². The summed E-state index contributed by atoms with van der Waals surface area (Å²) in [6.45, 7) is 0.296. The van der Waals surface area contributed by atoms with Crippen LogP contribution in [0.25, 0.3) is 16.9 Å². The van der Waals surface area contributed by atoms with Gasteiger partial charge in [0.1, 0.15) is 12.4 Å². The van der Waals surface area contributed by atoms with Gasteiger partial charge in [-0.15, -0.1) is 5.10 Å². The van der Waals surface area contributed by atoms with E-state index in [1.54, 1.807) is 35.0 Å². The summed E-state index contributed by atoms with van der Waals surface area (Å²) >= 11 is 5.99. The Bertz CT molecular complexity index is 1210. The smallest absolute Gasteiger partial charge is 0.251 e.